The number of hydrogen-bond acceptors (Lipinski definition) is 4. The van der Waals surface area contributed by atoms with E-state index in [1.165, 1.54) is 18.3 Å². The summed E-state index contributed by atoms with van der Waals surface area (Å²) < 4.78 is 42.3. The second kappa shape index (κ2) is 6.49. The highest BCUT2D eigenvalue weighted by Crippen LogP contribution is 2.29. The molecule has 0 N–H and O–H groups in total. The predicted molar refractivity (Wildman–Crippen MR) is 91.9 cm³/mol. The molecule has 0 spiro atoms. The molecule has 0 fully saturated rings. The monoisotopic (exact) mass is 372 g/mol. The lowest BCUT2D eigenvalue weighted by atomic mass is 10.3. The first-order valence-corrected chi connectivity index (χ1v) is 8.33. The number of aromatic nitrogens is 6. The van der Waals surface area contributed by atoms with E-state index < -0.39 is 11.9 Å². The Morgan fingerprint density at radius 1 is 1.00 bits per heavy atom. The fourth-order valence-corrected chi connectivity index (χ4v) is 2.79. The van der Waals surface area contributed by atoms with Crippen molar-refractivity contribution in [3.05, 3.63) is 66.1 Å². The zero-order valence-corrected chi connectivity index (χ0v) is 14.4. The second-order valence-electron chi connectivity index (χ2n) is 6.00. The number of hydrogen-bond donors (Lipinski definition) is 0. The van der Waals surface area contributed by atoms with Crippen LogP contribution in [-0.2, 0) is 19.1 Å². The molecule has 0 saturated heterocycles. The van der Waals surface area contributed by atoms with Gasteiger partial charge in [0, 0.05) is 30.5 Å². The number of nitrogens with zero attached hydrogens (tertiary/aromatic N) is 6. The van der Waals surface area contributed by atoms with Crippen LogP contribution in [-0.4, -0.2) is 28.9 Å². The van der Waals surface area contributed by atoms with Gasteiger partial charge in [0.05, 0.1) is 12.2 Å². The van der Waals surface area contributed by atoms with Crippen LogP contribution in [0.3, 0.4) is 0 Å². The zero-order chi connectivity index (χ0) is 19.0. The van der Waals surface area contributed by atoms with Gasteiger partial charge in [0.1, 0.15) is 11.4 Å². The molecule has 6 nitrogen and oxygen atoms in total. The average Bonchev–Trinajstić information content (AvgIpc) is 3.27. The molecule has 0 amide bonds. The normalized spacial score (nSPS) is 12.0. The summed E-state index contributed by atoms with van der Waals surface area (Å²) in [5.41, 5.74) is 0.877. The summed E-state index contributed by atoms with van der Waals surface area (Å²) in [6.45, 7) is 2.36. The third-order valence-corrected chi connectivity index (χ3v) is 4.11. The molecule has 0 radical (unpaired) electrons. The van der Waals surface area contributed by atoms with E-state index in [-0.39, 0.29) is 5.69 Å². The van der Waals surface area contributed by atoms with E-state index >= 15 is 0 Å². The lowest BCUT2D eigenvalue weighted by molar-refractivity contribution is -0.141. The van der Waals surface area contributed by atoms with Crippen LogP contribution in [0, 0.1) is 0 Å². The summed E-state index contributed by atoms with van der Waals surface area (Å²) in [6, 6.07) is 5.70. The molecule has 4 heterocycles. The van der Waals surface area contributed by atoms with Crippen LogP contribution in [0.2, 0.25) is 0 Å². The van der Waals surface area contributed by atoms with E-state index in [1.54, 1.807) is 10.8 Å². The molecule has 27 heavy (non-hydrogen) atoms. The van der Waals surface area contributed by atoms with Gasteiger partial charge < -0.3 is 4.57 Å². The van der Waals surface area contributed by atoms with Crippen molar-refractivity contribution in [1.82, 2.24) is 28.9 Å². The number of rotatable bonds is 4. The van der Waals surface area contributed by atoms with Gasteiger partial charge in [-0.15, -0.1) is 0 Å². The summed E-state index contributed by atoms with van der Waals surface area (Å²) >= 11 is 0. The Kier molecular flexibility index (Phi) is 4.14. The first kappa shape index (κ1) is 17.2. The highest BCUT2D eigenvalue weighted by Gasteiger charge is 2.32. The number of alkyl halides is 3. The molecule has 4 aromatic rings. The molecule has 4 rings (SSSR count). The number of halogens is 3. The predicted octanol–water partition coefficient (Wildman–Crippen LogP) is 3.62. The van der Waals surface area contributed by atoms with Crippen LogP contribution in [0.4, 0.5) is 13.2 Å². The highest BCUT2D eigenvalue weighted by atomic mass is 19.4. The molecule has 0 aliphatic rings. The Labute approximate surface area is 152 Å². The van der Waals surface area contributed by atoms with E-state index in [1.807, 2.05) is 29.8 Å². The van der Waals surface area contributed by atoms with Gasteiger partial charge in [-0.25, -0.2) is 19.9 Å². The quantitative estimate of drug-likeness (QED) is 0.549. The minimum absolute atomic E-state index is 0.157. The maximum Gasteiger partial charge on any atom is 0.433 e. The summed E-state index contributed by atoms with van der Waals surface area (Å²) in [4.78, 5) is 16.8. The highest BCUT2D eigenvalue weighted by molar-refractivity contribution is 5.50. The third kappa shape index (κ3) is 3.40. The molecule has 0 aromatic carbocycles. The first-order valence-electron chi connectivity index (χ1n) is 8.33. The molecule has 0 bridgehead atoms. The standard InChI is InChI=1S/C18H15F3N6/c1-2-12-6-8-27-11-13(24-17(27)23-12)10-26-9-7-22-16(26)14-4-3-5-15(25-14)18(19,20)21/h3-9,11H,2,10H2,1H3. The molecule has 9 heteroatoms. The smallest absolute Gasteiger partial charge is 0.324 e. The molecule has 0 atom stereocenters. The number of fused-ring (bicyclic) bond motifs is 1. The van der Waals surface area contributed by atoms with Gasteiger partial charge in [0.15, 0.2) is 5.82 Å². The Hall–Kier alpha value is -3.23. The van der Waals surface area contributed by atoms with Gasteiger partial charge in [0.2, 0.25) is 5.78 Å². The van der Waals surface area contributed by atoms with Gasteiger partial charge >= 0.3 is 6.18 Å². The van der Waals surface area contributed by atoms with Crippen LogP contribution in [0.5, 0.6) is 0 Å². The van der Waals surface area contributed by atoms with E-state index in [4.69, 9.17) is 0 Å². The van der Waals surface area contributed by atoms with Crippen LogP contribution in [0.1, 0.15) is 24.0 Å². The molecular weight excluding hydrogens is 357 g/mol. The molecule has 0 aliphatic carbocycles. The first-order chi connectivity index (χ1) is 12.9. The van der Waals surface area contributed by atoms with Gasteiger partial charge in [0.25, 0.3) is 0 Å². The molecule has 0 aliphatic heterocycles. The Morgan fingerprint density at radius 3 is 2.59 bits per heavy atom. The van der Waals surface area contributed by atoms with Crippen molar-refractivity contribution < 1.29 is 13.2 Å². The second-order valence-corrected chi connectivity index (χ2v) is 6.00. The minimum atomic E-state index is -4.50. The van der Waals surface area contributed by atoms with Crippen molar-refractivity contribution in [1.29, 1.82) is 0 Å². The summed E-state index contributed by atoms with van der Waals surface area (Å²) in [5.74, 6) is 0.934. The fourth-order valence-electron chi connectivity index (χ4n) is 2.79. The van der Waals surface area contributed by atoms with Crippen molar-refractivity contribution in [2.24, 2.45) is 0 Å². The maximum absolute atomic E-state index is 12.9. The Balaban J connectivity index is 1.67. The minimum Gasteiger partial charge on any atom is -0.324 e. The number of pyridine rings is 1. The molecule has 0 saturated carbocycles. The van der Waals surface area contributed by atoms with Crippen LogP contribution >= 0.6 is 0 Å². The third-order valence-electron chi connectivity index (χ3n) is 4.11. The number of imidazole rings is 2. The summed E-state index contributed by atoms with van der Waals surface area (Å²) in [6.07, 6.45) is 3.25. The van der Waals surface area contributed by atoms with Crippen molar-refractivity contribution in [2.75, 3.05) is 0 Å². The molecule has 0 unspecified atom stereocenters. The summed E-state index contributed by atoms with van der Waals surface area (Å²) in [5, 5.41) is 0. The van der Waals surface area contributed by atoms with Crippen LogP contribution < -0.4 is 0 Å². The van der Waals surface area contributed by atoms with Gasteiger partial charge in [-0.1, -0.05) is 13.0 Å². The van der Waals surface area contributed by atoms with E-state index in [0.717, 1.165) is 23.9 Å². The fraction of sp³-hybridized carbons (Fsp3) is 0.222. The zero-order valence-electron chi connectivity index (χ0n) is 14.4. The molecule has 138 valence electrons. The van der Waals surface area contributed by atoms with E-state index in [9.17, 15) is 13.2 Å². The topological polar surface area (TPSA) is 60.9 Å². The Bertz CT molecular complexity index is 1100. The van der Waals surface area contributed by atoms with Crippen molar-refractivity contribution >= 4 is 5.78 Å². The van der Waals surface area contributed by atoms with Crippen LogP contribution in [0.25, 0.3) is 17.3 Å². The lowest BCUT2D eigenvalue weighted by Crippen LogP contribution is -2.09. The summed E-state index contributed by atoms with van der Waals surface area (Å²) in [7, 11) is 0. The molecule has 4 aromatic heterocycles. The molecular formula is C18H15F3N6. The lowest BCUT2D eigenvalue weighted by Gasteiger charge is -2.09. The number of aryl methyl sites for hydroxylation is 1. The van der Waals surface area contributed by atoms with Crippen molar-refractivity contribution in [3.63, 3.8) is 0 Å². The van der Waals surface area contributed by atoms with Gasteiger partial charge in [-0.3, -0.25) is 4.40 Å². The Morgan fingerprint density at radius 2 is 1.81 bits per heavy atom. The van der Waals surface area contributed by atoms with Crippen molar-refractivity contribution in [3.8, 4) is 11.5 Å². The van der Waals surface area contributed by atoms with Crippen LogP contribution in [0.15, 0.2) is 49.1 Å². The average molecular weight is 372 g/mol. The van der Waals surface area contributed by atoms with E-state index in [2.05, 4.69) is 19.9 Å². The maximum atomic E-state index is 12.9. The van der Waals surface area contributed by atoms with Crippen molar-refractivity contribution in [2.45, 2.75) is 26.1 Å². The van der Waals surface area contributed by atoms with Gasteiger partial charge in [-0.05, 0) is 24.6 Å². The van der Waals surface area contributed by atoms with Gasteiger partial charge in [-0.2, -0.15) is 13.2 Å². The van der Waals surface area contributed by atoms with E-state index in [0.29, 0.717) is 18.1 Å². The largest absolute Gasteiger partial charge is 0.433 e. The SMILES string of the molecule is CCc1ccn2cc(Cn3ccnc3-c3cccc(C(F)(F)F)n3)nc2n1.